The zero-order chi connectivity index (χ0) is 19.3. The summed E-state index contributed by atoms with van der Waals surface area (Å²) in [5.41, 5.74) is 2.86. The van der Waals surface area contributed by atoms with Gasteiger partial charge in [0.05, 0.1) is 11.5 Å². The number of carbonyl (C=O) groups excluding carboxylic acids is 1. The lowest BCUT2D eigenvalue weighted by Crippen LogP contribution is -2.21. The highest BCUT2D eigenvalue weighted by molar-refractivity contribution is 7.14. The fourth-order valence-electron chi connectivity index (χ4n) is 3.09. The number of aryl methyl sites for hydroxylation is 2. The van der Waals surface area contributed by atoms with Crippen molar-refractivity contribution in [2.75, 3.05) is 6.61 Å². The predicted molar refractivity (Wildman–Crippen MR) is 98.9 cm³/mol. The normalized spacial score (nSPS) is 14.5. The summed E-state index contributed by atoms with van der Waals surface area (Å²) in [4.78, 5) is 14.5. The van der Waals surface area contributed by atoms with Gasteiger partial charge in [-0.3, -0.25) is 4.79 Å². The summed E-state index contributed by atoms with van der Waals surface area (Å²) in [7, 11) is 0. The number of amides is 1. The number of ether oxygens (including phenoxy) is 1. The summed E-state index contributed by atoms with van der Waals surface area (Å²) in [6.07, 6.45) is 1.42. The second kappa shape index (κ2) is 8.89. The number of fused-ring (bicyclic) bond motifs is 1. The molecule has 0 saturated heterocycles. The zero-order valence-corrected chi connectivity index (χ0v) is 15.7. The first-order valence-electron chi connectivity index (χ1n) is 9.03. The Kier molecular flexibility index (Phi) is 6.55. The molecule has 0 radical (unpaired) electrons. The molecule has 3 rings (SSSR count). The van der Waals surface area contributed by atoms with Gasteiger partial charge < -0.3 is 10.1 Å². The molecular formula is C20H22F3NO2S. The van der Waals surface area contributed by atoms with E-state index < -0.39 is 12.8 Å². The van der Waals surface area contributed by atoms with Gasteiger partial charge in [0.25, 0.3) is 5.91 Å². The molecule has 0 saturated carbocycles. The van der Waals surface area contributed by atoms with Crippen LogP contribution in [-0.4, -0.2) is 18.7 Å². The molecule has 1 heterocycles. The minimum atomic E-state index is -4.32. The van der Waals surface area contributed by atoms with Crippen LogP contribution in [0.25, 0.3) is 0 Å². The van der Waals surface area contributed by atoms with Gasteiger partial charge in [-0.15, -0.1) is 11.3 Å². The molecular weight excluding hydrogens is 375 g/mol. The molecule has 1 aliphatic rings. The Balaban J connectivity index is 1.49. The van der Waals surface area contributed by atoms with Crippen LogP contribution in [0, 0.1) is 0 Å². The van der Waals surface area contributed by atoms with Gasteiger partial charge in [-0.1, -0.05) is 30.7 Å². The molecule has 1 N–H and O–H groups in total. The van der Waals surface area contributed by atoms with Crippen LogP contribution in [0.3, 0.4) is 0 Å². The third-order valence-electron chi connectivity index (χ3n) is 4.48. The van der Waals surface area contributed by atoms with Crippen molar-refractivity contribution in [1.82, 2.24) is 5.32 Å². The van der Waals surface area contributed by atoms with Crippen molar-refractivity contribution in [2.45, 2.75) is 51.4 Å². The fraction of sp³-hybridized carbons (Fsp3) is 0.450. The maximum absolute atomic E-state index is 12.4. The molecule has 2 aromatic rings. The summed E-state index contributed by atoms with van der Waals surface area (Å²) in [5.74, 6) is -0.0781. The number of hydrogen-bond acceptors (Lipinski definition) is 3. The van der Waals surface area contributed by atoms with Crippen molar-refractivity contribution in [2.24, 2.45) is 0 Å². The van der Waals surface area contributed by atoms with Crippen LogP contribution >= 0.6 is 11.3 Å². The van der Waals surface area contributed by atoms with Gasteiger partial charge in [0.15, 0.2) is 0 Å². The minimum Gasteiger partial charge on any atom is -0.367 e. The van der Waals surface area contributed by atoms with E-state index in [1.807, 2.05) is 6.07 Å². The third-order valence-corrected chi connectivity index (χ3v) is 5.72. The molecule has 0 atom stereocenters. The number of nitrogens with one attached hydrogen (secondary N) is 1. The van der Waals surface area contributed by atoms with Gasteiger partial charge in [0.2, 0.25) is 0 Å². The second-order valence-corrected chi connectivity index (χ2v) is 7.86. The topological polar surface area (TPSA) is 38.3 Å². The van der Waals surface area contributed by atoms with Gasteiger partial charge >= 0.3 is 6.18 Å². The Morgan fingerprint density at radius 3 is 2.52 bits per heavy atom. The van der Waals surface area contributed by atoms with Crippen LogP contribution in [0.5, 0.6) is 0 Å². The summed E-state index contributed by atoms with van der Waals surface area (Å²) in [5, 5.41) is 2.91. The van der Waals surface area contributed by atoms with Gasteiger partial charge in [-0.25, -0.2) is 0 Å². The van der Waals surface area contributed by atoms with E-state index in [-0.39, 0.29) is 12.5 Å². The smallest absolute Gasteiger partial charge is 0.367 e. The van der Waals surface area contributed by atoms with Crippen LogP contribution in [0.15, 0.2) is 30.3 Å². The highest BCUT2D eigenvalue weighted by Crippen LogP contribution is 2.29. The van der Waals surface area contributed by atoms with Crippen LogP contribution in [0.4, 0.5) is 13.2 Å². The van der Waals surface area contributed by atoms with Crippen molar-refractivity contribution >= 4 is 17.2 Å². The number of rotatable bonds is 6. The fourth-order valence-corrected chi connectivity index (χ4v) is 4.26. The third kappa shape index (κ3) is 6.07. The highest BCUT2D eigenvalue weighted by atomic mass is 32.1. The van der Waals surface area contributed by atoms with E-state index in [4.69, 9.17) is 0 Å². The molecule has 1 amide bonds. The van der Waals surface area contributed by atoms with Crippen molar-refractivity contribution in [1.29, 1.82) is 0 Å². The first-order valence-corrected chi connectivity index (χ1v) is 9.84. The molecule has 7 heteroatoms. The van der Waals surface area contributed by atoms with E-state index in [1.54, 1.807) is 35.6 Å². The van der Waals surface area contributed by atoms with E-state index in [2.05, 4.69) is 10.1 Å². The van der Waals surface area contributed by atoms with Crippen molar-refractivity contribution in [3.63, 3.8) is 0 Å². The molecule has 0 unspecified atom stereocenters. The van der Waals surface area contributed by atoms with E-state index in [1.165, 1.54) is 29.7 Å². The summed E-state index contributed by atoms with van der Waals surface area (Å²) >= 11 is 1.58. The standard InChI is InChI=1S/C20H22F3NO2S/c21-20(22,23)13-26-12-15-8-6-14(7-9-15)11-24-19(25)18-10-16-4-2-1-3-5-17(16)27-18/h6-10H,1-5,11-13H2,(H,24,25). The van der Waals surface area contributed by atoms with Crippen LogP contribution in [0.1, 0.15) is 50.5 Å². The Bertz CT molecular complexity index is 745. The van der Waals surface area contributed by atoms with E-state index in [0.717, 1.165) is 23.3 Å². The lowest BCUT2D eigenvalue weighted by Gasteiger charge is -2.08. The number of hydrogen-bond donors (Lipinski definition) is 1. The molecule has 146 valence electrons. The Morgan fingerprint density at radius 2 is 1.78 bits per heavy atom. The Morgan fingerprint density at radius 1 is 1.07 bits per heavy atom. The molecule has 1 aromatic heterocycles. The SMILES string of the molecule is O=C(NCc1ccc(COCC(F)(F)F)cc1)c1cc2c(s1)CCCCC2. The average Bonchev–Trinajstić information content (AvgIpc) is 2.90. The maximum Gasteiger partial charge on any atom is 0.411 e. The zero-order valence-electron chi connectivity index (χ0n) is 14.9. The molecule has 27 heavy (non-hydrogen) atoms. The molecule has 0 fully saturated rings. The van der Waals surface area contributed by atoms with Crippen molar-refractivity contribution in [3.8, 4) is 0 Å². The first-order chi connectivity index (χ1) is 12.9. The van der Waals surface area contributed by atoms with Gasteiger partial charge in [0.1, 0.15) is 6.61 Å². The van der Waals surface area contributed by atoms with Gasteiger partial charge in [0, 0.05) is 11.4 Å². The highest BCUT2D eigenvalue weighted by Gasteiger charge is 2.27. The predicted octanol–water partition coefficient (Wildman–Crippen LogP) is 5.03. The maximum atomic E-state index is 12.4. The number of thiophene rings is 1. The quantitative estimate of drug-likeness (QED) is 0.695. The van der Waals surface area contributed by atoms with Crippen LogP contribution < -0.4 is 5.32 Å². The molecule has 3 nitrogen and oxygen atoms in total. The molecule has 0 spiro atoms. The summed E-state index contributed by atoms with van der Waals surface area (Å²) in [6, 6.07) is 9.02. The number of halogens is 3. The molecule has 0 bridgehead atoms. The van der Waals surface area contributed by atoms with Crippen molar-refractivity contribution in [3.05, 3.63) is 56.8 Å². The number of carbonyl (C=O) groups is 1. The monoisotopic (exact) mass is 397 g/mol. The van der Waals surface area contributed by atoms with E-state index in [0.29, 0.717) is 12.1 Å². The van der Waals surface area contributed by atoms with Gasteiger partial charge in [-0.05, 0) is 48.4 Å². The Labute approximate surface area is 160 Å². The lowest BCUT2D eigenvalue weighted by atomic mass is 10.1. The second-order valence-electron chi connectivity index (χ2n) is 6.73. The summed E-state index contributed by atoms with van der Waals surface area (Å²) in [6.45, 7) is -0.965. The average molecular weight is 397 g/mol. The molecule has 1 aliphatic carbocycles. The van der Waals surface area contributed by atoms with E-state index >= 15 is 0 Å². The molecule has 1 aromatic carbocycles. The largest absolute Gasteiger partial charge is 0.411 e. The first kappa shape index (κ1) is 19.9. The van der Waals surface area contributed by atoms with Crippen LogP contribution in [-0.2, 0) is 30.7 Å². The number of alkyl halides is 3. The number of benzene rings is 1. The molecule has 0 aliphatic heterocycles. The van der Waals surface area contributed by atoms with Crippen molar-refractivity contribution < 1.29 is 22.7 Å². The van der Waals surface area contributed by atoms with E-state index in [9.17, 15) is 18.0 Å². The van der Waals surface area contributed by atoms with Crippen LogP contribution in [0.2, 0.25) is 0 Å². The van der Waals surface area contributed by atoms with Gasteiger partial charge in [-0.2, -0.15) is 13.2 Å². The summed E-state index contributed by atoms with van der Waals surface area (Å²) < 4.78 is 40.8. The minimum absolute atomic E-state index is 0.0781. The lowest BCUT2D eigenvalue weighted by molar-refractivity contribution is -0.176. The Hall–Kier alpha value is -1.86.